The van der Waals surface area contributed by atoms with E-state index in [1.165, 1.54) is 5.56 Å². The zero-order valence-corrected chi connectivity index (χ0v) is 12.9. The maximum Gasteiger partial charge on any atom is 0.129 e. The molecule has 1 fully saturated rings. The fourth-order valence-electron chi connectivity index (χ4n) is 2.60. The van der Waals surface area contributed by atoms with Crippen LogP contribution in [0, 0.1) is 0 Å². The van der Waals surface area contributed by atoms with Gasteiger partial charge < -0.3 is 15.2 Å². The molecule has 20 heavy (non-hydrogen) atoms. The van der Waals surface area contributed by atoms with Gasteiger partial charge in [0.1, 0.15) is 10.7 Å². The third-order valence-electron chi connectivity index (χ3n) is 3.81. The Hall–Kier alpha value is -1.17. The van der Waals surface area contributed by atoms with E-state index in [4.69, 9.17) is 27.4 Å². The molecule has 1 aliphatic heterocycles. The number of methoxy groups -OCH3 is 2. The van der Waals surface area contributed by atoms with Gasteiger partial charge in [-0.1, -0.05) is 18.3 Å². The lowest BCUT2D eigenvalue weighted by Gasteiger charge is -2.31. The van der Waals surface area contributed by atoms with E-state index in [0.717, 1.165) is 43.8 Å². The van der Waals surface area contributed by atoms with Crippen LogP contribution in [0.3, 0.4) is 0 Å². The van der Waals surface area contributed by atoms with Crippen LogP contribution in [0.25, 0.3) is 0 Å². The lowest BCUT2D eigenvalue weighted by molar-refractivity contribution is 0.0388. The van der Waals surface area contributed by atoms with Crippen LogP contribution < -0.4 is 10.5 Å². The second kappa shape index (κ2) is 7.02. The molecule has 0 amide bonds. The number of benzene rings is 1. The molecule has 110 valence electrons. The molecule has 1 saturated heterocycles. The van der Waals surface area contributed by atoms with E-state index >= 15 is 0 Å². The van der Waals surface area contributed by atoms with E-state index in [9.17, 15) is 0 Å². The summed E-state index contributed by atoms with van der Waals surface area (Å²) in [5.41, 5.74) is 7.70. The second-order valence-corrected chi connectivity index (χ2v) is 5.55. The number of piperidine rings is 1. The number of likely N-dealkylation sites (tertiary alicyclic amines) is 1. The van der Waals surface area contributed by atoms with Crippen LogP contribution in [-0.2, 0) is 11.3 Å². The van der Waals surface area contributed by atoms with Gasteiger partial charge in [0.25, 0.3) is 0 Å². The topological polar surface area (TPSA) is 47.7 Å². The molecule has 0 radical (unpaired) electrons. The molecular weight excluding hydrogens is 272 g/mol. The Labute approximate surface area is 125 Å². The van der Waals surface area contributed by atoms with Gasteiger partial charge in [0.15, 0.2) is 0 Å². The van der Waals surface area contributed by atoms with Crippen molar-refractivity contribution in [1.82, 2.24) is 4.90 Å². The van der Waals surface area contributed by atoms with Crippen molar-refractivity contribution in [2.24, 2.45) is 5.73 Å². The molecule has 1 aliphatic rings. The minimum atomic E-state index is 0.370. The van der Waals surface area contributed by atoms with E-state index in [1.807, 2.05) is 12.1 Å². The Morgan fingerprint density at radius 2 is 2.05 bits per heavy atom. The Morgan fingerprint density at radius 3 is 2.60 bits per heavy atom. The normalized spacial score (nSPS) is 17.1. The van der Waals surface area contributed by atoms with Crippen LogP contribution >= 0.6 is 12.2 Å². The van der Waals surface area contributed by atoms with Crippen LogP contribution in [0.2, 0.25) is 0 Å². The zero-order valence-electron chi connectivity index (χ0n) is 12.1. The third kappa shape index (κ3) is 3.69. The first-order chi connectivity index (χ1) is 9.63. The van der Waals surface area contributed by atoms with Gasteiger partial charge in [-0.25, -0.2) is 0 Å². The van der Waals surface area contributed by atoms with Gasteiger partial charge in [-0.05, 0) is 30.5 Å². The summed E-state index contributed by atoms with van der Waals surface area (Å²) in [5.74, 6) is 0.752. The molecule has 0 aliphatic carbocycles. The maximum absolute atomic E-state index is 5.68. The van der Waals surface area contributed by atoms with Crippen LogP contribution in [0.5, 0.6) is 5.75 Å². The van der Waals surface area contributed by atoms with Gasteiger partial charge in [-0.15, -0.1) is 0 Å². The Kier molecular flexibility index (Phi) is 5.34. The SMILES string of the molecule is COc1cc(CN2CCC(OC)CC2)ccc1C(N)=S. The molecule has 1 heterocycles. The highest BCUT2D eigenvalue weighted by Crippen LogP contribution is 2.22. The van der Waals surface area contributed by atoms with E-state index in [2.05, 4.69) is 11.0 Å². The lowest BCUT2D eigenvalue weighted by Crippen LogP contribution is -2.36. The lowest BCUT2D eigenvalue weighted by atomic mass is 10.1. The first-order valence-corrected chi connectivity index (χ1v) is 7.26. The highest BCUT2D eigenvalue weighted by atomic mass is 32.1. The van der Waals surface area contributed by atoms with Crippen molar-refractivity contribution in [3.05, 3.63) is 29.3 Å². The standard InChI is InChI=1S/C15H22N2O2S/c1-18-12-5-7-17(8-6-12)10-11-3-4-13(15(16)20)14(9-11)19-2/h3-4,9,12H,5-8,10H2,1-2H3,(H2,16,20). The molecule has 0 unspecified atom stereocenters. The maximum atomic E-state index is 5.68. The largest absolute Gasteiger partial charge is 0.496 e. The first-order valence-electron chi connectivity index (χ1n) is 6.86. The van der Waals surface area contributed by atoms with Gasteiger partial charge in [-0.2, -0.15) is 0 Å². The number of hydrogen-bond donors (Lipinski definition) is 1. The minimum absolute atomic E-state index is 0.370. The van der Waals surface area contributed by atoms with Crippen molar-refractivity contribution < 1.29 is 9.47 Å². The number of rotatable bonds is 5. The summed E-state index contributed by atoms with van der Waals surface area (Å²) in [7, 11) is 3.44. The average molecular weight is 294 g/mol. The molecule has 0 atom stereocenters. The van der Waals surface area contributed by atoms with Crippen molar-refractivity contribution in [2.45, 2.75) is 25.5 Å². The number of ether oxygens (including phenoxy) is 2. The van der Waals surface area contributed by atoms with Crippen molar-refractivity contribution >= 4 is 17.2 Å². The fraction of sp³-hybridized carbons (Fsp3) is 0.533. The number of nitrogens with zero attached hydrogens (tertiary/aromatic N) is 1. The van der Waals surface area contributed by atoms with Crippen LogP contribution in [0.4, 0.5) is 0 Å². The van der Waals surface area contributed by atoms with Crippen molar-refractivity contribution in [3.63, 3.8) is 0 Å². The highest BCUT2D eigenvalue weighted by molar-refractivity contribution is 7.80. The summed E-state index contributed by atoms with van der Waals surface area (Å²) in [5, 5.41) is 0. The molecular formula is C15H22N2O2S. The number of hydrogen-bond acceptors (Lipinski definition) is 4. The van der Waals surface area contributed by atoms with Crippen molar-refractivity contribution in [3.8, 4) is 5.75 Å². The quantitative estimate of drug-likeness (QED) is 0.841. The molecule has 0 spiro atoms. The van der Waals surface area contributed by atoms with Crippen LogP contribution in [0.1, 0.15) is 24.0 Å². The van der Waals surface area contributed by atoms with Crippen LogP contribution in [-0.4, -0.2) is 43.3 Å². The Bertz CT molecular complexity index is 471. The highest BCUT2D eigenvalue weighted by Gasteiger charge is 2.19. The Morgan fingerprint density at radius 1 is 1.35 bits per heavy atom. The molecule has 5 heteroatoms. The minimum Gasteiger partial charge on any atom is -0.496 e. The molecule has 1 aromatic rings. The second-order valence-electron chi connectivity index (χ2n) is 5.11. The Balaban J connectivity index is 2.01. The predicted octanol–water partition coefficient (Wildman–Crippen LogP) is 1.94. The van der Waals surface area contributed by atoms with Gasteiger partial charge in [0.2, 0.25) is 0 Å². The zero-order chi connectivity index (χ0) is 14.5. The van der Waals surface area contributed by atoms with E-state index in [1.54, 1.807) is 14.2 Å². The summed E-state index contributed by atoms with van der Waals surface area (Å²) < 4.78 is 10.8. The van der Waals surface area contributed by atoms with Crippen LogP contribution in [0.15, 0.2) is 18.2 Å². The first kappa shape index (κ1) is 15.2. The molecule has 0 saturated carbocycles. The predicted molar refractivity (Wildman–Crippen MR) is 84.2 cm³/mol. The summed E-state index contributed by atoms with van der Waals surface area (Å²) in [4.78, 5) is 2.80. The van der Waals surface area contributed by atoms with Gasteiger partial charge >= 0.3 is 0 Å². The smallest absolute Gasteiger partial charge is 0.129 e. The summed E-state index contributed by atoms with van der Waals surface area (Å²) in [6.07, 6.45) is 2.61. The number of nitrogens with two attached hydrogens (primary N) is 1. The fourth-order valence-corrected chi connectivity index (χ4v) is 2.77. The summed E-state index contributed by atoms with van der Waals surface area (Å²) in [6.45, 7) is 3.06. The number of thiocarbonyl (C=S) groups is 1. The molecule has 2 rings (SSSR count). The van der Waals surface area contributed by atoms with Gasteiger partial charge in [0.05, 0.1) is 18.8 Å². The van der Waals surface area contributed by atoms with E-state index in [0.29, 0.717) is 11.1 Å². The van der Waals surface area contributed by atoms with E-state index in [-0.39, 0.29) is 0 Å². The average Bonchev–Trinajstić information content (AvgIpc) is 2.47. The summed E-state index contributed by atoms with van der Waals surface area (Å²) in [6, 6.07) is 6.04. The molecule has 1 aromatic carbocycles. The molecule has 0 aromatic heterocycles. The molecule has 2 N–H and O–H groups in total. The van der Waals surface area contributed by atoms with Crippen molar-refractivity contribution in [1.29, 1.82) is 0 Å². The third-order valence-corrected chi connectivity index (χ3v) is 4.03. The van der Waals surface area contributed by atoms with Gasteiger partial charge in [0, 0.05) is 26.7 Å². The molecule has 4 nitrogen and oxygen atoms in total. The molecule has 0 bridgehead atoms. The van der Waals surface area contributed by atoms with E-state index < -0.39 is 0 Å². The summed E-state index contributed by atoms with van der Waals surface area (Å²) >= 11 is 5.02. The van der Waals surface area contributed by atoms with Crippen molar-refractivity contribution in [2.75, 3.05) is 27.3 Å². The monoisotopic (exact) mass is 294 g/mol. The van der Waals surface area contributed by atoms with Gasteiger partial charge in [-0.3, -0.25) is 4.90 Å².